The monoisotopic (exact) mass is 370 g/mol. The van der Waals surface area contributed by atoms with Crippen molar-refractivity contribution in [1.29, 1.82) is 0 Å². The van der Waals surface area contributed by atoms with Gasteiger partial charge in [-0.15, -0.1) is 0 Å². The van der Waals surface area contributed by atoms with Gasteiger partial charge in [0.05, 0.1) is 0 Å². The number of rotatable bonds is 7. The number of hydrogen-bond donors (Lipinski definition) is 0. The summed E-state index contributed by atoms with van der Waals surface area (Å²) < 4.78 is 0. The Labute approximate surface area is 121 Å². The van der Waals surface area contributed by atoms with Crippen molar-refractivity contribution in [2.75, 3.05) is 0 Å². The summed E-state index contributed by atoms with van der Waals surface area (Å²) in [5, 5.41) is 2.82. The molecular formula is C16H18Se2. The fraction of sp³-hybridized carbons (Fsp3) is 0.250. The summed E-state index contributed by atoms with van der Waals surface area (Å²) in [6, 6.07) is 21.7. The topological polar surface area (TPSA) is 0 Å². The maximum atomic E-state index is 2.24. The van der Waals surface area contributed by atoms with Gasteiger partial charge in [0.15, 0.2) is 0 Å². The third kappa shape index (κ3) is 5.42. The van der Waals surface area contributed by atoms with Crippen LogP contribution in [0.3, 0.4) is 0 Å². The molecule has 2 aromatic carbocycles. The van der Waals surface area contributed by atoms with Crippen LogP contribution in [0.4, 0.5) is 0 Å². The Morgan fingerprint density at radius 1 is 0.556 bits per heavy atom. The average Bonchev–Trinajstić information content (AvgIpc) is 2.45. The molecule has 0 unspecified atom stereocenters. The molecule has 0 aromatic heterocycles. The average molecular weight is 368 g/mol. The summed E-state index contributed by atoms with van der Waals surface area (Å²) in [4.78, 5) is 0. The molecule has 0 saturated heterocycles. The molecule has 0 bridgehead atoms. The Morgan fingerprint density at radius 3 is 1.33 bits per heavy atom. The van der Waals surface area contributed by atoms with Crippen LogP contribution in [-0.4, -0.2) is 26.3 Å². The van der Waals surface area contributed by atoms with Crippen LogP contribution in [0.25, 0.3) is 0 Å². The third-order valence-electron chi connectivity index (χ3n) is 2.72. The van der Waals surface area contributed by atoms with Gasteiger partial charge in [-0.05, 0) is 0 Å². The van der Waals surface area contributed by atoms with Gasteiger partial charge >= 0.3 is 122 Å². The first-order valence-corrected chi connectivity index (χ1v) is 13.0. The summed E-state index contributed by atoms with van der Waals surface area (Å²) >= 11 is 1.75. The molecular weight excluding hydrogens is 350 g/mol. The molecule has 0 atom stereocenters. The van der Waals surface area contributed by atoms with E-state index in [0.717, 1.165) is 26.3 Å². The molecule has 2 aromatic rings. The molecule has 94 valence electrons. The van der Waals surface area contributed by atoms with Crippen LogP contribution >= 0.6 is 0 Å². The van der Waals surface area contributed by atoms with E-state index in [2.05, 4.69) is 60.7 Å². The number of benzene rings is 2. The van der Waals surface area contributed by atoms with Crippen LogP contribution in [0.5, 0.6) is 0 Å². The minimum atomic E-state index is 0.873. The summed E-state index contributed by atoms with van der Waals surface area (Å²) in [6.07, 6.45) is 2.54. The van der Waals surface area contributed by atoms with Crippen molar-refractivity contribution in [3.05, 3.63) is 71.8 Å². The second kappa shape index (κ2) is 8.56. The van der Waals surface area contributed by atoms with Gasteiger partial charge in [0, 0.05) is 0 Å². The quantitative estimate of drug-likeness (QED) is 0.517. The zero-order valence-corrected chi connectivity index (χ0v) is 13.8. The SMILES string of the molecule is c1ccc(CC[Se][Se]CCc2ccccc2)cc1. The molecule has 0 aliphatic carbocycles. The zero-order valence-electron chi connectivity index (χ0n) is 10.4. The van der Waals surface area contributed by atoms with Gasteiger partial charge in [0.1, 0.15) is 0 Å². The van der Waals surface area contributed by atoms with Crippen molar-refractivity contribution < 1.29 is 0 Å². The Bertz CT molecular complexity index is 382. The fourth-order valence-electron chi connectivity index (χ4n) is 1.73. The predicted octanol–water partition coefficient (Wildman–Crippen LogP) is 3.63. The van der Waals surface area contributed by atoms with E-state index in [0.29, 0.717) is 0 Å². The molecule has 2 heteroatoms. The zero-order chi connectivity index (χ0) is 12.5. The number of hydrogen-bond acceptors (Lipinski definition) is 0. The van der Waals surface area contributed by atoms with Gasteiger partial charge < -0.3 is 0 Å². The van der Waals surface area contributed by atoms with Crippen LogP contribution in [0.15, 0.2) is 60.7 Å². The third-order valence-corrected chi connectivity index (χ3v) is 10.1. The molecule has 2 rings (SSSR count). The van der Waals surface area contributed by atoms with Gasteiger partial charge in [-0.2, -0.15) is 0 Å². The molecule has 0 radical (unpaired) electrons. The molecule has 18 heavy (non-hydrogen) atoms. The Balaban J connectivity index is 1.54. The molecule has 0 nitrogen and oxygen atoms in total. The van der Waals surface area contributed by atoms with E-state index in [9.17, 15) is 0 Å². The van der Waals surface area contributed by atoms with Crippen molar-refractivity contribution in [2.24, 2.45) is 0 Å². The van der Waals surface area contributed by atoms with Crippen LogP contribution in [-0.2, 0) is 12.8 Å². The van der Waals surface area contributed by atoms with Crippen molar-refractivity contribution >= 4 is 26.3 Å². The summed E-state index contributed by atoms with van der Waals surface area (Å²) in [6.45, 7) is 0. The normalized spacial score (nSPS) is 10.4. The second-order valence-corrected chi connectivity index (χ2v) is 12.0. The minimum absolute atomic E-state index is 0.873. The van der Waals surface area contributed by atoms with Crippen LogP contribution in [0.1, 0.15) is 11.1 Å². The molecule has 0 heterocycles. The van der Waals surface area contributed by atoms with Crippen molar-refractivity contribution in [2.45, 2.75) is 23.5 Å². The molecule has 0 saturated carbocycles. The van der Waals surface area contributed by atoms with Gasteiger partial charge in [0.25, 0.3) is 0 Å². The van der Waals surface area contributed by atoms with E-state index in [1.807, 2.05) is 0 Å². The first kappa shape index (κ1) is 13.9. The van der Waals surface area contributed by atoms with Gasteiger partial charge in [0.2, 0.25) is 0 Å². The van der Waals surface area contributed by atoms with Crippen molar-refractivity contribution in [1.82, 2.24) is 0 Å². The van der Waals surface area contributed by atoms with Crippen LogP contribution in [0.2, 0.25) is 10.6 Å². The Morgan fingerprint density at radius 2 is 0.944 bits per heavy atom. The van der Waals surface area contributed by atoms with E-state index in [-0.39, 0.29) is 0 Å². The summed E-state index contributed by atoms with van der Waals surface area (Å²) in [5.74, 6) is 0. The first-order chi connectivity index (χ1) is 8.95. The summed E-state index contributed by atoms with van der Waals surface area (Å²) in [5.41, 5.74) is 3.00. The number of aryl methyl sites for hydroxylation is 2. The van der Waals surface area contributed by atoms with E-state index < -0.39 is 0 Å². The molecule has 0 spiro atoms. The standard InChI is InChI=1S/C16H18Se2/c1-3-7-15(8-4-1)11-13-17-18-14-12-16-9-5-2-6-10-16/h1-10H,11-14H2. The van der Waals surface area contributed by atoms with Gasteiger partial charge in [-0.25, -0.2) is 0 Å². The molecule has 0 amide bonds. The van der Waals surface area contributed by atoms with E-state index in [1.54, 1.807) is 0 Å². The van der Waals surface area contributed by atoms with E-state index in [4.69, 9.17) is 0 Å². The second-order valence-electron chi connectivity index (χ2n) is 4.12. The van der Waals surface area contributed by atoms with Gasteiger partial charge in [-0.1, -0.05) is 0 Å². The van der Waals surface area contributed by atoms with Gasteiger partial charge in [-0.3, -0.25) is 0 Å². The van der Waals surface area contributed by atoms with E-state index in [1.165, 1.54) is 34.6 Å². The molecule has 0 aliphatic heterocycles. The Hall–Kier alpha value is -0.521. The maximum absolute atomic E-state index is 2.24. The Kier molecular flexibility index (Phi) is 6.61. The summed E-state index contributed by atoms with van der Waals surface area (Å²) in [7, 11) is 0. The molecule has 0 aliphatic rings. The predicted molar refractivity (Wildman–Crippen MR) is 81.4 cm³/mol. The van der Waals surface area contributed by atoms with Crippen molar-refractivity contribution in [3.63, 3.8) is 0 Å². The molecule has 0 N–H and O–H groups in total. The van der Waals surface area contributed by atoms with Crippen LogP contribution < -0.4 is 0 Å². The van der Waals surface area contributed by atoms with Crippen LogP contribution in [0, 0.1) is 0 Å². The van der Waals surface area contributed by atoms with E-state index >= 15 is 0 Å². The fourth-order valence-corrected chi connectivity index (χ4v) is 7.95. The van der Waals surface area contributed by atoms with Crippen molar-refractivity contribution in [3.8, 4) is 0 Å². The first-order valence-electron chi connectivity index (χ1n) is 6.27. The molecule has 0 fully saturated rings.